The lowest BCUT2D eigenvalue weighted by Gasteiger charge is -2.11. The van der Waals surface area contributed by atoms with E-state index in [0.29, 0.717) is 11.4 Å². The zero-order valence-electron chi connectivity index (χ0n) is 12.0. The Morgan fingerprint density at radius 2 is 1.91 bits per heavy atom. The first kappa shape index (κ1) is 15.4. The van der Waals surface area contributed by atoms with E-state index in [4.69, 9.17) is 5.11 Å². The molecule has 0 aliphatic carbocycles. The van der Waals surface area contributed by atoms with Crippen molar-refractivity contribution >= 4 is 17.5 Å². The number of nitrogens with one attached hydrogen (secondary N) is 1. The molecule has 0 saturated heterocycles. The molecule has 0 saturated carbocycles. The van der Waals surface area contributed by atoms with Crippen molar-refractivity contribution in [2.24, 2.45) is 0 Å². The van der Waals surface area contributed by atoms with Crippen molar-refractivity contribution in [1.82, 2.24) is 9.97 Å². The first-order valence-corrected chi connectivity index (χ1v) is 6.50. The Morgan fingerprint density at radius 3 is 2.41 bits per heavy atom. The molecule has 2 aromatic rings. The number of benzene rings is 1. The molecule has 1 heterocycles. The molecular weight excluding hydrogens is 288 g/mol. The van der Waals surface area contributed by atoms with E-state index in [1.165, 1.54) is 30.3 Å². The fourth-order valence-electron chi connectivity index (χ4n) is 1.79. The molecule has 22 heavy (non-hydrogen) atoms. The largest absolute Gasteiger partial charge is 0.477 e. The molecule has 0 aliphatic rings. The summed E-state index contributed by atoms with van der Waals surface area (Å²) in [5, 5.41) is 22.8. The number of nitro benzene ring substituents is 1. The quantitative estimate of drug-likeness (QED) is 0.643. The SMILES string of the molecule is CC(C)Nc1cc(C(=O)O)nc(-c2ccc([N+](=O)[O-])cc2)n1. The van der Waals surface area contributed by atoms with Crippen LogP contribution in [0.1, 0.15) is 24.3 Å². The molecular formula is C14H14N4O4. The summed E-state index contributed by atoms with van der Waals surface area (Å²) in [6, 6.07) is 7.03. The molecule has 1 aromatic carbocycles. The smallest absolute Gasteiger partial charge is 0.354 e. The lowest BCUT2D eigenvalue weighted by molar-refractivity contribution is -0.384. The van der Waals surface area contributed by atoms with Gasteiger partial charge in [0.2, 0.25) is 0 Å². The van der Waals surface area contributed by atoms with Crippen LogP contribution in [0.15, 0.2) is 30.3 Å². The molecule has 0 fully saturated rings. The van der Waals surface area contributed by atoms with Crippen molar-refractivity contribution in [1.29, 1.82) is 0 Å². The Morgan fingerprint density at radius 1 is 1.27 bits per heavy atom. The highest BCUT2D eigenvalue weighted by Crippen LogP contribution is 2.21. The van der Waals surface area contributed by atoms with Crippen LogP contribution in [-0.2, 0) is 0 Å². The van der Waals surface area contributed by atoms with E-state index in [-0.39, 0.29) is 23.2 Å². The Labute approximate surface area is 126 Å². The van der Waals surface area contributed by atoms with E-state index in [9.17, 15) is 14.9 Å². The van der Waals surface area contributed by atoms with Crippen LogP contribution >= 0.6 is 0 Å². The summed E-state index contributed by atoms with van der Waals surface area (Å²) in [5.41, 5.74) is 0.297. The molecule has 0 radical (unpaired) electrons. The Hall–Kier alpha value is -3.03. The van der Waals surface area contributed by atoms with Gasteiger partial charge >= 0.3 is 5.97 Å². The van der Waals surface area contributed by atoms with Crippen molar-refractivity contribution in [3.05, 3.63) is 46.1 Å². The van der Waals surface area contributed by atoms with Gasteiger partial charge < -0.3 is 10.4 Å². The van der Waals surface area contributed by atoms with Crippen LogP contribution < -0.4 is 5.32 Å². The maximum atomic E-state index is 11.2. The number of hydrogen-bond acceptors (Lipinski definition) is 6. The minimum Gasteiger partial charge on any atom is -0.477 e. The lowest BCUT2D eigenvalue weighted by atomic mass is 10.2. The topological polar surface area (TPSA) is 118 Å². The second kappa shape index (κ2) is 6.17. The summed E-state index contributed by atoms with van der Waals surface area (Å²) >= 11 is 0. The standard InChI is InChI=1S/C14H14N4O4/c1-8(2)15-12-7-11(14(19)20)16-13(17-12)9-3-5-10(6-4-9)18(21)22/h3-8H,1-2H3,(H,19,20)(H,15,16,17). The highest BCUT2D eigenvalue weighted by atomic mass is 16.6. The number of non-ortho nitro benzene ring substituents is 1. The molecule has 8 nitrogen and oxygen atoms in total. The van der Waals surface area contributed by atoms with Crippen LogP contribution in [0.3, 0.4) is 0 Å². The molecule has 2 N–H and O–H groups in total. The minimum atomic E-state index is -1.17. The van der Waals surface area contributed by atoms with Crippen molar-refractivity contribution in [3.63, 3.8) is 0 Å². The normalized spacial score (nSPS) is 10.5. The van der Waals surface area contributed by atoms with Gasteiger partial charge in [-0.05, 0) is 26.0 Å². The number of carboxylic acids is 1. The third-order valence-electron chi connectivity index (χ3n) is 2.72. The predicted octanol–water partition coefficient (Wildman–Crippen LogP) is 2.57. The molecule has 114 valence electrons. The number of carbonyl (C=O) groups is 1. The monoisotopic (exact) mass is 302 g/mol. The van der Waals surface area contributed by atoms with Crippen LogP contribution in [0, 0.1) is 10.1 Å². The molecule has 0 aliphatic heterocycles. The number of aromatic carboxylic acids is 1. The van der Waals surface area contributed by atoms with Crippen molar-refractivity contribution in [3.8, 4) is 11.4 Å². The van der Waals surface area contributed by atoms with Crippen molar-refractivity contribution < 1.29 is 14.8 Å². The summed E-state index contributed by atoms with van der Waals surface area (Å²) in [6.45, 7) is 3.79. The van der Waals surface area contributed by atoms with Crippen molar-refractivity contribution in [2.75, 3.05) is 5.32 Å². The van der Waals surface area contributed by atoms with Gasteiger partial charge in [0.15, 0.2) is 11.5 Å². The average Bonchev–Trinajstić information content (AvgIpc) is 2.46. The van der Waals surface area contributed by atoms with E-state index in [2.05, 4.69) is 15.3 Å². The van der Waals surface area contributed by atoms with Gasteiger partial charge in [0, 0.05) is 29.8 Å². The van der Waals surface area contributed by atoms with Crippen LogP contribution in [0.4, 0.5) is 11.5 Å². The first-order valence-electron chi connectivity index (χ1n) is 6.50. The molecule has 0 spiro atoms. The van der Waals surface area contributed by atoms with Crippen LogP contribution in [0.25, 0.3) is 11.4 Å². The molecule has 0 atom stereocenters. The van der Waals surface area contributed by atoms with Crippen LogP contribution in [-0.4, -0.2) is 32.0 Å². The summed E-state index contributed by atoms with van der Waals surface area (Å²) in [7, 11) is 0. The fraction of sp³-hybridized carbons (Fsp3) is 0.214. The van der Waals surface area contributed by atoms with Crippen LogP contribution in [0.5, 0.6) is 0 Å². The van der Waals surface area contributed by atoms with Gasteiger partial charge in [0.25, 0.3) is 5.69 Å². The van der Waals surface area contributed by atoms with E-state index >= 15 is 0 Å². The van der Waals surface area contributed by atoms with E-state index in [0.717, 1.165) is 0 Å². The van der Waals surface area contributed by atoms with Gasteiger partial charge in [0.1, 0.15) is 5.82 Å². The number of rotatable bonds is 5. The van der Waals surface area contributed by atoms with Gasteiger partial charge in [-0.25, -0.2) is 14.8 Å². The van der Waals surface area contributed by atoms with Gasteiger partial charge in [-0.2, -0.15) is 0 Å². The van der Waals surface area contributed by atoms with Gasteiger partial charge in [-0.3, -0.25) is 10.1 Å². The Bertz CT molecular complexity index is 713. The molecule has 0 unspecified atom stereocenters. The number of carboxylic acid groups (broad SMARTS) is 1. The Balaban J connectivity index is 2.46. The summed E-state index contributed by atoms with van der Waals surface area (Å²) in [4.78, 5) is 29.5. The molecule has 1 aromatic heterocycles. The molecule has 0 amide bonds. The maximum Gasteiger partial charge on any atom is 0.354 e. The van der Waals surface area contributed by atoms with E-state index in [1.807, 2.05) is 13.8 Å². The summed E-state index contributed by atoms with van der Waals surface area (Å²) in [6.07, 6.45) is 0. The molecule has 8 heteroatoms. The highest BCUT2D eigenvalue weighted by Gasteiger charge is 2.13. The zero-order chi connectivity index (χ0) is 16.3. The van der Waals surface area contributed by atoms with Gasteiger partial charge in [-0.15, -0.1) is 0 Å². The van der Waals surface area contributed by atoms with Crippen LogP contribution in [0.2, 0.25) is 0 Å². The third kappa shape index (κ3) is 3.54. The number of anilines is 1. The molecule has 0 bridgehead atoms. The second-order valence-electron chi connectivity index (χ2n) is 4.87. The van der Waals surface area contributed by atoms with Gasteiger partial charge in [0.05, 0.1) is 4.92 Å². The summed E-state index contributed by atoms with van der Waals surface area (Å²) in [5.74, 6) is -0.592. The summed E-state index contributed by atoms with van der Waals surface area (Å²) < 4.78 is 0. The molecule has 2 rings (SSSR count). The fourth-order valence-corrected chi connectivity index (χ4v) is 1.79. The maximum absolute atomic E-state index is 11.2. The van der Waals surface area contributed by atoms with E-state index in [1.54, 1.807) is 0 Å². The number of aromatic nitrogens is 2. The first-order chi connectivity index (χ1) is 10.4. The number of nitrogens with zero attached hydrogens (tertiary/aromatic N) is 3. The lowest BCUT2D eigenvalue weighted by Crippen LogP contribution is -2.13. The average molecular weight is 302 g/mol. The number of hydrogen-bond donors (Lipinski definition) is 2. The Kier molecular flexibility index (Phi) is 4.31. The second-order valence-corrected chi connectivity index (χ2v) is 4.87. The number of nitro groups is 1. The van der Waals surface area contributed by atoms with Gasteiger partial charge in [-0.1, -0.05) is 0 Å². The third-order valence-corrected chi connectivity index (χ3v) is 2.72. The zero-order valence-corrected chi connectivity index (χ0v) is 12.0. The van der Waals surface area contributed by atoms with Crippen molar-refractivity contribution in [2.45, 2.75) is 19.9 Å². The minimum absolute atomic E-state index is 0.0568. The highest BCUT2D eigenvalue weighted by molar-refractivity contribution is 5.87. The predicted molar refractivity (Wildman–Crippen MR) is 79.8 cm³/mol. The van der Waals surface area contributed by atoms with E-state index < -0.39 is 10.9 Å².